The van der Waals surface area contributed by atoms with Gasteiger partial charge in [0.25, 0.3) is 0 Å². The summed E-state index contributed by atoms with van der Waals surface area (Å²) in [6.45, 7) is 0. The van der Waals surface area contributed by atoms with Crippen LogP contribution in [0.1, 0.15) is 0 Å². The third kappa shape index (κ3) is 5.82. The van der Waals surface area contributed by atoms with Gasteiger partial charge in [-0.2, -0.15) is 0 Å². The van der Waals surface area contributed by atoms with Crippen molar-refractivity contribution in [2.45, 2.75) is 0 Å². The topological polar surface area (TPSA) is 21.3 Å². The molecule has 10 aromatic carbocycles. The molecular weight excluding hydrogens is 741 g/mol. The number of furan rings is 1. The Morgan fingerprint density at radius 1 is 0.311 bits per heavy atom. The van der Waals surface area contributed by atoms with Crippen LogP contribution in [0, 0.1) is 0 Å². The van der Waals surface area contributed by atoms with E-state index in [0.29, 0.717) is 0 Å². The summed E-state index contributed by atoms with van der Waals surface area (Å²) in [5.74, 6) is 0. The SMILES string of the molecule is c1ccc(-c2cccc3cccc(-c4ccc(N(c5ccc(-c6cccc7oc8ccccc8c67)cc5)c5ccc(-n6c7ccccc7c7ccccc76)cc5)cc4)c23)cc1. The van der Waals surface area contributed by atoms with E-state index in [1.807, 2.05) is 12.1 Å². The molecule has 0 amide bonds. The van der Waals surface area contributed by atoms with Gasteiger partial charge in [-0.15, -0.1) is 0 Å². The van der Waals surface area contributed by atoms with Crippen LogP contribution in [0.5, 0.6) is 0 Å². The van der Waals surface area contributed by atoms with E-state index in [4.69, 9.17) is 4.42 Å². The average molecular weight is 779 g/mol. The van der Waals surface area contributed by atoms with E-state index in [9.17, 15) is 0 Å². The predicted octanol–water partition coefficient (Wildman–Crippen LogP) is 16.3. The second kappa shape index (κ2) is 14.3. The van der Waals surface area contributed by atoms with Crippen LogP contribution >= 0.6 is 0 Å². The second-order valence-electron chi connectivity index (χ2n) is 15.7. The minimum Gasteiger partial charge on any atom is -0.456 e. The van der Waals surface area contributed by atoms with Crippen molar-refractivity contribution in [2.75, 3.05) is 4.90 Å². The van der Waals surface area contributed by atoms with Gasteiger partial charge in [-0.05, 0) is 117 Å². The number of hydrogen-bond donors (Lipinski definition) is 0. The van der Waals surface area contributed by atoms with Gasteiger partial charge in [0.15, 0.2) is 0 Å². The van der Waals surface area contributed by atoms with E-state index in [0.717, 1.165) is 55.8 Å². The van der Waals surface area contributed by atoms with Gasteiger partial charge in [0.05, 0.1) is 11.0 Å². The van der Waals surface area contributed by atoms with Crippen LogP contribution in [-0.2, 0) is 0 Å². The first kappa shape index (κ1) is 34.9. The van der Waals surface area contributed by atoms with Crippen LogP contribution in [0.25, 0.3) is 93.6 Å². The van der Waals surface area contributed by atoms with Crippen LogP contribution in [0.3, 0.4) is 0 Å². The smallest absolute Gasteiger partial charge is 0.136 e. The maximum absolute atomic E-state index is 6.26. The first-order valence-electron chi connectivity index (χ1n) is 20.8. The molecule has 61 heavy (non-hydrogen) atoms. The Hall–Kier alpha value is -8.14. The molecule has 0 aliphatic heterocycles. The number of rotatable bonds is 7. The number of para-hydroxylation sites is 3. The summed E-state index contributed by atoms with van der Waals surface area (Å²) in [4.78, 5) is 2.36. The fourth-order valence-electron chi connectivity index (χ4n) is 9.43. The van der Waals surface area contributed by atoms with Crippen LogP contribution in [0.15, 0.2) is 235 Å². The van der Waals surface area contributed by atoms with E-state index in [1.165, 1.54) is 54.8 Å². The van der Waals surface area contributed by atoms with Crippen LogP contribution in [0.2, 0.25) is 0 Å². The molecule has 2 aromatic heterocycles. The fourth-order valence-corrected chi connectivity index (χ4v) is 9.43. The standard InChI is InChI=1S/C58H38N2O/c1-2-13-39(14-3-1)47-20-10-15-42-16-11-21-48(57(42)47)40-27-31-43(32-28-40)59(44-33-29-41(30-34-44)49-22-12-26-56-58(49)52-19-6-9-25-55(52)61-56)45-35-37-46(38-36-45)60-53-23-7-4-17-50(53)51-18-5-8-24-54(51)60/h1-38H. The summed E-state index contributed by atoms with van der Waals surface area (Å²) in [5, 5.41) is 7.27. The predicted molar refractivity (Wildman–Crippen MR) is 257 cm³/mol. The van der Waals surface area contributed by atoms with Crippen molar-refractivity contribution in [3.63, 3.8) is 0 Å². The lowest BCUT2D eigenvalue weighted by Gasteiger charge is -2.26. The van der Waals surface area contributed by atoms with Crippen molar-refractivity contribution in [1.29, 1.82) is 0 Å². The lowest BCUT2D eigenvalue weighted by Crippen LogP contribution is -2.10. The van der Waals surface area contributed by atoms with E-state index < -0.39 is 0 Å². The Bertz CT molecular complexity index is 3500. The first-order valence-corrected chi connectivity index (χ1v) is 20.8. The van der Waals surface area contributed by atoms with Crippen LogP contribution < -0.4 is 4.90 Å². The highest BCUT2D eigenvalue weighted by Crippen LogP contribution is 2.42. The molecule has 12 rings (SSSR count). The third-order valence-corrected chi connectivity index (χ3v) is 12.2. The van der Waals surface area contributed by atoms with Crippen molar-refractivity contribution < 1.29 is 4.42 Å². The first-order chi connectivity index (χ1) is 30.3. The van der Waals surface area contributed by atoms with E-state index in [1.54, 1.807) is 0 Å². The number of anilines is 3. The Morgan fingerprint density at radius 3 is 1.34 bits per heavy atom. The molecule has 0 saturated carbocycles. The van der Waals surface area contributed by atoms with Gasteiger partial charge in [-0.25, -0.2) is 0 Å². The summed E-state index contributed by atoms with van der Waals surface area (Å²) in [6.07, 6.45) is 0. The highest BCUT2D eigenvalue weighted by molar-refractivity contribution is 6.13. The molecule has 12 aromatic rings. The molecule has 3 nitrogen and oxygen atoms in total. The minimum absolute atomic E-state index is 0.898. The monoisotopic (exact) mass is 778 g/mol. The molecule has 0 aliphatic carbocycles. The van der Waals surface area contributed by atoms with Gasteiger partial charge in [0, 0.05) is 44.3 Å². The molecule has 0 spiro atoms. The lowest BCUT2D eigenvalue weighted by atomic mass is 9.91. The molecule has 0 saturated heterocycles. The summed E-state index contributed by atoms with van der Waals surface area (Å²) in [7, 11) is 0. The van der Waals surface area contributed by atoms with Crippen LogP contribution in [-0.4, -0.2) is 4.57 Å². The molecule has 0 bridgehead atoms. The number of nitrogens with zero attached hydrogens (tertiary/aromatic N) is 2. The molecule has 0 unspecified atom stereocenters. The van der Waals surface area contributed by atoms with E-state index in [2.05, 4.69) is 228 Å². The molecule has 0 aliphatic rings. The quantitative estimate of drug-likeness (QED) is 0.161. The zero-order valence-corrected chi connectivity index (χ0v) is 33.2. The van der Waals surface area contributed by atoms with Gasteiger partial charge in [0.1, 0.15) is 11.2 Å². The Balaban J connectivity index is 0.978. The zero-order chi connectivity index (χ0) is 40.3. The number of hydrogen-bond acceptors (Lipinski definition) is 2. The molecule has 0 radical (unpaired) electrons. The molecule has 3 heteroatoms. The second-order valence-corrected chi connectivity index (χ2v) is 15.7. The normalized spacial score (nSPS) is 11.6. The summed E-state index contributed by atoms with van der Waals surface area (Å²) < 4.78 is 8.63. The van der Waals surface area contributed by atoms with Crippen molar-refractivity contribution >= 4 is 71.6 Å². The van der Waals surface area contributed by atoms with Gasteiger partial charge in [-0.3, -0.25) is 0 Å². The third-order valence-electron chi connectivity index (χ3n) is 12.2. The molecule has 0 atom stereocenters. The molecular formula is C58H38N2O. The van der Waals surface area contributed by atoms with E-state index in [-0.39, 0.29) is 0 Å². The largest absolute Gasteiger partial charge is 0.456 e. The maximum atomic E-state index is 6.26. The van der Waals surface area contributed by atoms with Crippen molar-refractivity contribution in [3.8, 4) is 39.1 Å². The highest BCUT2D eigenvalue weighted by atomic mass is 16.3. The number of fused-ring (bicyclic) bond motifs is 7. The van der Waals surface area contributed by atoms with Crippen molar-refractivity contribution in [3.05, 3.63) is 231 Å². The zero-order valence-electron chi connectivity index (χ0n) is 33.2. The Kier molecular flexibility index (Phi) is 8.17. The molecule has 0 N–H and O–H groups in total. The van der Waals surface area contributed by atoms with E-state index >= 15 is 0 Å². The van der Waals surface area contributed by atoms with Gasteiger partial charge >= 0.3 is 0 Å². The lowest BCUT2D eigenvalue weighted by molar-refractivity contribution is 0.669. The van der Waals surface area contributed by atoms with Gasteiger partial charge in [0.2, 0.25) is 0 Å². The van der Waals surface area contributed by atoms with Gasteiger partial charge in [-0.1, -0.05) is 158 Å². The summed E-state index contributed by atoms with van der Waals surface area (Å²) in [6, 6.07) is 82.9. The van der Waals surface area contributed by atoms with Crippen molar-refractivity contribution in [1.82, 2.24) is 4.57 Å². The summed E-state index contributed by atoms with van der Waals surface area (Å²) in [5.41, 5.74) is 15.7. The minimum atomic E-state index is 0.898. The number of benzene rings is 10. The molecule has 0 fully saturated rings. The van der Waals surface area contributed by atoms with Crippen LogP contribution in [0.4, 0.5) is 17.1 Å². The highest BCUT2D eigenvalue weighted by Gasteiger charge is 2.18. The van der Waals surface area contributed by atoms with Gasteiger partial charge < -0.3 is 13.9 Å². The molecule has 286 valence electrons. The summed E-state index contributed by atoms with van der Waals surface area (Å²) >= 11 is 0. The average Bonchev–Trinajstić information content (AvgIpc) is 3.89. The molecule has 2 heterocycles. The fraction of sp³-hybridized carbons (Fsp3) is 0. The van der Waals surface area contributed by atoms with Crippen molar-refractivity contribution in [2.24, 2.45) is 0 Å². The Labute approximate surface area is 353 Å². The number of aromatic nitrogens is 1. The Morgan fingerprint density at radius 2 is 0.754 bits per heavy atom. The maximum Gasteiger partial charge on any atom is 0.136 e.